The van der Waals surface area contributed by atoms with Crippen molar-refractivity contribution in [1.82, 2.24) is 0 Å². The van der Waals surface area contributed by atoms with Crippen molar-refractivity contribution in [3.63, 3.8) is 0 Å². The zero-order chi connectivity index (χ0) is 9.40. The molecule has 0 saturated heterocycles. The summed E-state index contributed by atoms with van der Waals surface area (Å²) in [4.78, 5) is 10.5. The van der Waals surface area contributed by atoms with Gasteiger partial charge in [0.05, 0.1) is 19.5 Å². The van der Waals surface area contributed by atoms with E-state index in [1.807, 2.05) is 0 Å². The highest BCUT2D eigenvalue weighted by Gasteiger charge is 1.95. The van der Waals surface area contributed by atoms with Crippen LogP contribution in [-0.4, -0.2) is 36.8 Å². The molecule has 0 aromatic heterocycles. The van der Waals surface area contributed by atoms with Gasteiger partial charge in [0.1, 0.15) is 0 Å². The lowest BCUT2D eigenvalue weighted by molar-refractivity contribution is -0.134. The summed E-state index contributed by atoms with van der Waals surface area (Å²) in [6.07, 6.45) is 1.14. The van der Waals surface area contributed by atoms with Gasteiger partial charge in [-0.3, -0.25) is 4.21 Å². The summed E-state index contributed by atoms with van der Waals surface area (Å²) in [6, 6.07) is 0. The van der Waals surface area contributed by atoms with Gasteiger partial charge >= 0.3 is 5.97 Å². The van der Waals surface area contributed by atoms with Crippen LogP contribution in [0.4, 0.5) is 0 Å². The van der Waals surface area contributed by atoms with Crippen molar-refractivity contribution in [2.75, 3.05) is 26.6 Å². The molecule has 0 amide bonds. The quantitative estimate of drug-likeness (QED) is 0.457. The third-order valence-electron chi connectivity index (χ3n) is 1.05. The molecule has 0 N–H and O–H groups in total. The van der Waals surface area contributed by atoms with Gasteiger partial charge in [0.25, 0.3) is 0 Å². The minimum Gasteiger partial charge on any atom is -0.466 e. The second-order valence-corrected chi connectivity index (χ2v) is 3.35. The van der Waals surface area contributed by atoms with E-state index in [4.69, 9.17) is 4.74 Å². The molecule has 0 bridgehead atoms. The Hall–Kier alpha value is -0.680. The summed E-state index contributed by atoms with van der Waals surface area (Å²) in [5.74, 6) is -0.106. The average Bonchev–Trinajstić information content (AvgIpc) is 2.10. The Morgan fingerprint density at radius 1 is 1.50 bits per heavy atom. The molecule has 1 atom stereocenters. The van der Waals surface area contributed by atoms with Crippen molar-refractivity contribution in [1.29, 1.82) is 0 Å². The number of esters is 1. The third kappa shape index (κ3) is 6.06. The van der Waals surface area contributed by atoms with Gasteiger partial charge < -0.3 is 9.47 Å². The summed E-state index contributed by atoms with van der Waals surface area (Å²) in [5, 5.41) is 1.30. The van der Waals surface area contributed by atoms with E-state index < -0.39 is 16.8 Å². The zero-order valence-corrected chi connectivity index (χ0v) is 7.93. The first-order valence-corrected chi connectivity index (χ1v) is 4.71. The maximum absolute atomic E-state index is 11.0. The lowest BCUT2D eigenvalue weighted by Gasteiger charge is -1.94. The molecule has 0 aromatic rings. The largest absolute Gasteiger partial charge is 0.466 e. The predicted octanol–water partition coefficient (Wildman–Crippen LogP) is 0.0682. The number of methoxy groups -OCH3 is 2. The Labute approximate surface area is 74.0 Å². The van der Waals surface area contributed by atoms with Crippen LogP contribution in [0.25, 0.3) is 0 Å². The molecule has 0 spiro atoms. The lowest BCUT2D eigenvalue weighted by Crippen LogP contribution is -2.02. The molecule has 0 fully saturated rings. The van der Waals surface area contributed by atoms with Gasteiger partial charge in [-0.15, -0.1) is 0 Å². The van der Waals surface area contributed by atoms with Crippen LogP contribution in [0, 0.1) is 0 Å². The standard InChI is InChI=1S/C7H12O4S/c1-10-4-6-12(9)5-3-7(8)11-2/h3,5H,4,6H2,1-2H3/b5-3+. The number of carbonyl (C=O) groups excluding carboxylic acids is 1. The highest BCUT2D eigenvalue weighted by atomic mass is 32.2. The fourth-order valence-corrected chi connectivity index (χ4v) is 1.16. The van der Waals surface area contributed by atoms with Crippen LogP contribution in [0.15, 0.2) is 11.5 Å². The summed E-state index contributed by atoms with van der Waals surface area (Å²) >= 11 is 0. The van der Waals surface area contributed by atoms with E-state index in [9.17, 15) is 9.00 Å². The van der Waals surface area contributed by atoms with Crippen molar-refractivity contribution in [3.05, 3.63) is 11.5 Å². The number of hydrogen-bond donors (Lipinski definition) is 0. The van der Waals surface area contributed by atoms with E-state index >= 15 is 0 Å². The van der Waals surface area contributed by atoms with Gasteiger partial charge in [-0.2, -0.15) is 0 Å². The lowest BCUT2D eigenvalue weighted by atomic mass is 10.7. The molecule has 0 rings (SSSR count). The second kappa shape index (κ2) is 7.00. The molecule has 5 heteroatoms. The van der Waals surface area contributed by atoms with E-state index in [-0.39, 0.29) is 0 Å². The van der Waals surface area contributed by atoms with Crippen molar-refractivity contribution in [2.24, 2.45) is 0 Å². The van der Waals surface area contributed by atoms with Crippen LogP contribution in [-0.2, 0) is 25.1 Å². The molecule has 12 heavy (non-hydrogen) atoms. The summed E-state index contributed by atoms with van der Waals surface area (Å²) < 4.78 is 20.0. The molecular formula is C7H12O4S. The predicted molar refractivity (Wildman–Crippen MR) is 46.0 cm³/mol. The Morgan fingerprint density at radius 3 is 2.67 bits per heavy atom. The monoisotopic (exact) mass is 192 g/mol. The fraction of sp³-hybridized carbons (Fsp3) is 0.571. The molecule has 0 saturated carbocycles. The molecule has 4 nitrogen and oxygen atoms in total. The average molecular weight is 192 g/mol. The van der Waals surface area contributed by atoms with Crippen LogP contribution in [0.5, 0.6) is 0 Å². The number of ether oxygens (including phenoxy) is 2. The van der Waals surface area contributed by atoms with E-state index in [0.29, 0.717) is 12.4 Å². The van der Waals surface area contributed by atoms with E-state index in [1.165, 1.54) is 19.6 Å². The van der Waals surface area contributed by atoms with Crippen molar-refractivity contribution < 1.29 is 18.5 Å². The Kier molecular flexibility index (Phi) is 6.60. The maximum atomic E-state index is 11.0. The van der Waals surface area contributed by atoms with Crippen molar-refractivity contribution >= 4 is 16.8 Å². The van der Waals surface area contributed by atoms with Crippen molar-refractivity contribution in [2.45, 2.75) is 0 Å². The molecule has 0 aliphatic carbocycles. The van der Waals surface area contributed by atoms with Crippen LogP contribution < -0.4 is 0 Å². The van der Waals surface area contributed by atoms with E-state index in [1.54, 1.807) is 0 Å². The van der Waals surface area contributed by atoms with Crippen LogP contribution in [0.3, 0.4) is 0 Å². The highest BCUT2D eigenvalue weighted by Crippen LogP contribution is 1.87. The first kappa shape index (κ1) is 11.3. The van der Waals surface area contributed by atoms with Crippen molar-refractivity contribution in [3.8, 4) is 0 Å². The first-order valence-electron chi connectivity index (χ1n) is 3.33. The number of carbonyl (C=O) groups is 1. The molecule has 0 radical (unpaired) electrons. The van der Waals surface area contributed by atoms with Gasteiger partial charge in [0.15, 0.2) is 0 Å². The van der Waals surface area contributed by atoms with Gasteiger partial charge in [-0.25, -0.2) is 4.79 Å². The minimum atomic E-state index is -1.15. The Balaban J connectivity index is 3.67. The first-order chi connectivity index (χ1) is 5.70. The van der Waals surface area contributed by atoms with Gasteiger partial charge in [-0.05, 0) is 0 Å². The SMILES string of the molecule is COCCS(=O)/C=C/C(=O)OC. The molecule has 0 aliphatic heterocycles. The minimum absolute atomic E-state index is 0.393. The molecule has 0 aromatic carbocycles. The van der Waals surface area contributed by atoms with Crippen LogP contribution >= 0.6 is 0 Å². The van der Waals surface area contributed by atoms with Crippen LogP contribution in [0.2, 0.25) is 0 Å². The third-order valence-corrected chi connectivity index (χ3v) is 2.05. The summed E-state index contributed by atoms with van der Waals surface area (Å²) in [7, 11) is 1.65. The highest BCUT2D eigenvalue weighted by molar-refractivity contribution is 7.88. The number of rotatable bonds is 5. The fourth-order valence-electron chi connectivity index (χ4n) is 0.433. The normalized spacial score (nSPS) is 13.2. The Morgan fingerprint density at radius 2 is 2.17 bits per heavy atom. The molecular weight excluding hydrogens is 180 g/mol. The Bertz CT molecular complexity index is 188. The zero-order valence-electron chi connectivity index (χ0n) is 7.11. The number of hydrogen-bond acceptors (Lipinski definition) is 4. The maximum Gasteiger partial charge on any atom is 0.331 e. The van der Waals surface area contributed by atoms with E-state index in [0.717, 1.165) is 6.08 Å². The summed E-state index contributed by atoms with van der Waals surface area (Å²) in [6.45, 7) is 0.415. The van der Waals surface area contributed by atoms with Gasteiger partial charge in [0.2, 0.25) is 0 Å². The van der Waals surface area contributed by atoms with Gasteiger partial charge in [-0.1, -0.05) is 0 Å². The van der Waals surface area contributed by atoms with Gasteiger partial charge in [0, 0.05) is 29.4 Å². The molecule has 0 heterocycles. The summed E-state index contributed by atoms with van der Waals surface area (Å²) in [5.41, 5.74) is 0. The second-order valence-electron chi connectivity index (χ2n) is 1.90. The van der Waals surface area contributed by atoms with Crippen LogP contribution in [0.1, 0.15) is 0 Å². The molecule has 0 aliphatic rings. The molecule has 1 unspecified atom stereocenters. The van der Waals surface area contributed by atoms with E-state index in [2.05, 4.69) is 4.74 Å². The topological polar surface area (TPSA) is 52.6 Å². The molecule has 70 valence electrons. The smallest absolute Gasteiger partial charge is 0.331 e.